The van der Waals surface area contributed by atoms with Crippen LogP contribution in [0.2, 0.25) is 0 Å². The summed E-state index contributed by atoms with van der Waals surface area (Å²) in [4.78, 5) is 0. The van der Waals surface area contributed by atoms with Crippen LogP contribution in [0.25, 0.3) is 0 Å². The zero-order valence-electron chi connectivity index (χ0n) is 7.92. The zero-order valence-corrected chi connectivity index (χ0v) is 9.08. The SMILES string of the molecule is CC[O][Al]([O]CC)[O]CC.[Li]. The van der Waals surface area contributed by atoms with Gasteiger partial charge in [0, 0.05) is 38.7 Å². The van der Waals surface area contributed by atoms with E-state index in [-0.39, 0.29) is 18.9 Å². The van der Waals surface area contributed by atoms with E-state index in [2.05, 4.69) is 0 Å². The van der Waals surface area contributed by atoms with Gasteiger partial charge in [-0.2, -0.15) is 0 Å². The maximum absolute atomic E-state index is 5.22. The fraction of sp³-hybridized carbons (Fsp3) is 1.00. The van der Waals surface area contributed by atoms with Crippen LogP contribution in [-0.4, -0.2) is 53.8 Å². The van der Waals surface area contributed by atoms with Crippen molar-refractivity contribution in [2.24, 2.45) is 0 Å². The third-order valence-electron chi connectivity index (χ3n) is 0.908. The molecule has 11 heavy (non-hydrogen) atoms. The smallest absolute Gasteiger partial charge is 0.455 e. The molecule has 0 aromatic carbocycles. The molecule has 1 radical (unpaired) electrons. The summed E-state index contributed by atoms with van der Waals surface area (Å²) in [5.74, 6) is 0. The summed E-state index contributed by atoms with van der Waals surface area (Å²) >= 11 is -1.73. The molecule has 0 aliphatic heterocycles. The number of rotatable bonds is 6. The Labute approximate surface area is 86.0 Å². The fourth-order valence-corrected chi connectivity index (χ4v) is 1.66. The van der Waals surface area contributed by atoms with Crippen LogP contribution in [0.5, 0.6) is 0 Å². The summed E-state index contributed by atoms with van der Waals surface area (Å²) < 4.78 is 15.7. The quantitative estimate of drug-likeness (QED) is 0.548. The Hall–Kier alpha value is 1.01. The summed E-state index contributed by atoms with van der Waals surface area (Å²) in [5.41, 5.74) is 0. The van der Waals surface area contributed by atoms with Gasteiger partial charge in [-0.25, -0.2) is 0 Å². The van der Waals surface area contributed by atoms with Crippen LogP contribution in [0.3, 0.4) is 0 Å². The van der Waals surface area contributed by atoms with Gasteiger partial charge >= 0.3 is 15.1 Å². The van der Waals surface area contributed by atoms with E-state index in [4.69, 9.17) is 11.4 Å². The van der Waals surface area contributed by atoms with Gasteiger partial charge in [-0.15, -0.1) is 0 Å². The van der Waals surface area contributed by atoms with Crippen molar-refractivity contribution in [3.05, 3.63) is 0 Å². The molecule has 0 saturated heterocycles. The van der Waals surface area contributed by atoms with Gasteiger partial charge in [-0.1, -0.05) is 0 Å². The van der Waals surface area contributed by atoms with Gasteiger partial charge in [0.25, 0.3) is 0 Å². The van der Waals surface area contributed by atoms with Crippen molar-refractivity contribution in [2.75, 3.05) is 19.8 Å². The van der Waals surface area contributed by atoms with Crippen molar-refractivity contribution >= 4 is 34.0 Å². The molecule has 0 rings (SSSR count). The second-order valence-corrected chi connectivity index (χ2v) is 3.23. The zero-order chi connectivity index (χ0) is 7.82. The third kappa shape index (κ3) is 8.92. The van der Waals surface area contributed by atoms with Crippen LogP contribution < -0.4 is 0 Å². The van der Waals surface area contributed by atoms with E-state index in [0.717, 1.165) is 0 Å². The third-order valence-corrected chi connectivity index (χ3v) is 2.72. The minimum Gasteiger partial charge on any atom is -0.455 e. The molecule has 0 saturated carbocycles. The van der Waals surface area contributed by atoms with Crippen molar-refractivity contribution in [3.8, 4) is 0 Å². The van der Waals surface area contributed by atoms with Gasteiger partial charge in [0.2, 0.25) is 0 Å². The van der Waals surface area contributed by atoms with Crippen molar-refractivity contribution in [2.45, 2.75) is 20.8 Å². The summed E-state index contributed by atoms with van der Waals surface area (Å²) in [5, 5.41) is 0. The van der Waals surface area contributed by atoms with E-state index in [1.165, 1.54) is 0 Å². The first-order valence-electron chi connectivity index (χ1n) is 3.69. The van der Waals surface area contributed by atoms with Crippen LogP contribution in [0.1, 0.15) is 20.8 Å². The summed E-state index contributed by atoms with van der Waals surface area (Å²) in [6.45, 7) is 7.86. The molecule has 0 aliphatic rings. The van der Waals surface area contributed by atoms with Crippen molar-refractivity contribution in [3.63, 3.8) is 0 Å². The predicted octanol–water partition coefficient (Wildman–Crippen LogP) is 0.700. The first-order chi connectivity index (χ1) is 4.85. The molecule has 0 aromatic heterocycles. The fourth-order valence-electron chi connectivity index (χ4n) is 0.553. The summed E-state index contributed by atoms with van der Waals surface area (Å²) in [7, 11) is 0. The number of hydrogen-bond donors (Lipinski definition) is 0. The second-order valence-electron chi connectivity index (χ2n) is 1.65. The van der Waals surface area contributed by atoms with Gasteiger partial charge in [0.05, 0.1) is 0 Å². The van der Waals surface area contributed by atoms with Crippen molar-refractivity contribution < 1.29 is 11.4 Å². The Balaban J connectivity index is 0. The standard InChI is InChI=1S/3C2H5O.Al.Li/c3*1-2-3;;/h3*2H2,1H3;;/q3*-1;+3;. The molecular formula is C6H15AlLiO3. The maximum atomic E-state index is 5.22. The molecule has 0 heterocycles. The largest absolute Gasteiger partial charge is 0.905 e. The second kappa shape index (κ2) is 11.0. The Morgan fingerprint density at radius 1 is 0.818 bits per heavy atom. The molecule has 0 N–H and O–H groups in total. The summed E-state index contributed by atoms with van der Waals surface area (Å²) in [6, 6.07) is 0. The van der Waals surface area contributed by atoms with Gasteiger partial charge in [-0.3, -0.25) is 0 Å². The average molecular weight is 169 g/mol. The maximum Gasteiger partial charge on any atom is 0.905 e. The van der Waals surface area contributed by atoms with Gasteiger partial charge < -0.3 is 11.4 Å². The van der Waals surface area contributed by atoms with Crippen LogP contribution in [0.15, 0.2) is 0 Å². The Morgan fingerprint density at radius 3 is 1.27 bits per heavy atom. The van der Waals surface area contributed by atoms with Crippen LogP contribution in [0, 0.1) is 0 Å². The van der Waals surface area contributed by atoms with Gasteiger partial charge in [-0.05, 0) is 20.8 Å². The van der Waals surface area contributed by atoms with E-state index in [1.54, 1.807) is 0 Å². The minimum atomic E-state index is -1.73. The molecule has 0 amide bonds. The minimum absolute atomic E-state index is 0. The molecular weight excluding hydrogens is 154 g/mol. The molecule has 0 fully saturated rings. The van der Waals surface area contributed by atoms with Crippen LogP contribution in [-0.2, 0) is 11.4 Å². The normalized spacial score (nSPS) is 9.00. The van der Waals surface area contributed by atoms with Crippen molar-refractivity contribution in [1.82, 2.24) is 0 Å². The molecule has 0 bridgehead atoms. The van der Waals surface area contributed by atoms with Gasteiger partial charge in [0.1, 0.15) is 0 Å². The van der Waals surface area contributed by atoms with E-state index in [0.29, 0.717) is 19.8 Å². The monoisotopic (exact) mass is 169 g/mol. The molecule has 0 unspecified atom stereocenters. The topological polar surface area (TPSA) is 27.7 Å². The van der Waals surface area contributed by atoms with Gasteiger partial charge in [0.15, 0.2) is 0 Å². The average Bonchev–Trinajstić information content (AvgIpc) is 1.90. The first-order valence-corrected chi connectivity index (χ1v) is 5.11. The van der Waals surface area contributed by atoms with Crippen LogP contribution in [0.4, 0.5) is 0 Å². The Kier molecular flexibility index (Phi) is 14.5. The molecule has 0 atom stereocenters. The van der Waals surface area contributed by atoms with Crippen LogP contribution >= 0.6 is 0 Å². The van der Waals surface area contributed by atoms with E-state index >= 15 is 0 Å². The summed E-state index contributed by atoms with van der Waals surface area (Å²) in [6.07, 6.45) is 0. The molecule has 0 aliphatic carbocycles. The Morgan fingerprint density at radius 2 is 1.09 bits per heavy atom. The molecule has 0 aromatic rings. The van der Waals surface area contributed by atoms with Crippen molar-refractivity contribution in [1.29, 1.82) is 0 Å². The molecule has 3 nitrogen and oxygen atoms in total. The Bertz CT molecular complexity index is 60.6. The predicted molar refractivity (Wildman–Crippen MR) is 46.4 cm³/mol. The number of hydrogen-bond acceptors (Lipinski definition) is 3. The molecule has 0 spiro atoms. The molecule has 5 heteroatoms. The van der Waals surface area contributed by atoms with E-state index in [9.17, 15) is 0 Å². The molecule has 61 valence electrons. The van der Waals surface area contributed by atoms with E-state index < -0.39 is 15.1 Å². The van der Waals surface area contributed by atoms with E-state index in [1.807, 2.05) is 20.8 Å². The first kappa shape index (κ1) is 14.5.